The van der Waals surface area contributed by atoms with Crippen LogP contribution in [0.5, 0.6) is 0 Å². The molecule has 0 aliphatic carbocycles. The van der Waals surface area contributed by atoms with Crippen molar-refractivity contribution in [2.24, 2.45) is 0 Å². The molecule has 1 aromatic carbocycles. The fourth-order valence-electron chi connectivity index (χ4n) is 3.25. The van der Waals surface area contributed by atoms with Crippen LogP contribution in [-0.2, 0) is 22.4 Å². The molecule has 1 N–H and O–H groups in total. The molecular formula is C24H26N2O4S. The van der Waals surface area contributed by atoms with Crippen LogP contribution in [0.3, 0.4) is 0 Å². The van der Waals surface area contributed by atoms with Crippen molar-refractivity contribution in [3.8, 4) is 5.69 Å². The molecule has 0 aliphatic rings. The van der Waals surface area contributed by atoms with E-state index in [1.165, 1.54) is 11.3 Å². The van der Waals surface area contributed by atoms with E-state index in [9.17, 15) is 14.7 Å². The van der Waals surface area contributed by atoms with E-state index in [4.69, 9.17) is 4.74 Å². The Bertz CT molecular complexity index is 1050. The highest BCUT2D eigenvalue weighted by molar-refractivity contribution is 7.09. The van der Waals surface area contributed by atoms with E-state index in [-0.39, 0.29) is 5.97 Å². The molecule has 0 spiro atoms. The molecule has 6 nitrogen and oxygen atoms in total. The molecule has 2 heterocycles. The Morgan fingerprint density at radius 3 is 2.58 bits per heavy atom. The number of esters is 1. The van der Waals surface area contributed by atoms with E-state index in [1.807, 2.05) is 34.2 Å². The lowest BCUT2D eigenvalue weighted by Crippen LogP contribution is -2.08. The number of nitrogens with zero attached hydrogens (tertiary/aromatic N) is 2. The number of unbranched alkanes of at least 4 members (excludes halogenated alkanes) is 1. The maximum absolute atomic E-state index is 12.0. The molecule has 0 saturated carbocycles. The number of ether oxygens (including phenoxy) is 1. The van der Waals surface area contributed by atoms with Gasteiger partial charge >= 0.3 is 11.9 Å². The van der Waals surface area contributed by atoms with Crippen molar-refractivity contribution in [3.05, 3.63) is 75.5 Å². The summed E-state index contributed by atoms with van der Waals surface area (Å²) < 4.78 is 7.02. The zero-order valence-corrected chi connectivity index (χ0v) is 18.5. The van der Waals surface area contributed by atoms with Crippen LogP contribution in [0.25, 0.3) is 11.8 Å². The molecule has 0 unspecified atom stereocenters. The second kappa shape index (κ2) is 10.7. The van der Waals surface area contributed by atoms with Crippen LogP contribution < -0.4 is 0 Å². The molecular weight excluding hydrogens is 412 g/mol. The van der Waals surface area contributed by atoms with Crippen molar-refractivity contribution in [1.82, 2.24) is 9.55 Å². The molecule has 0 radical (unpaired) electrons. The number of imidazole rings is 1. The van der Waals surface area contributed by atoms with Gasteiger partial charge < -0.3 is 9.84 Å². The first-order valence-corrected chi connectivity index (χ1v) is 11.2. The minimum atomic E-state index is -0.950. The van der Waals surface area contributed by atoms with Gasteiger partial charge in [-0.3, -0.25) is 4.57 Å². The van der Waals surface area contributed by atoms with Crippen LogP contribution in [0.2, 0.25) is 0 Å². The lowest BCUT2D eigenvalue weighted by Gasteiger charge is -2.12. The number of carboxylic acid groups (broad SMARTS) is 1. The van der Waals surface area contributed by atoms with Gasteiger partial charge in [-0.05, 0) is 55.1 Å². The van der Waals surface area contributed by atoms with Gasteiger partial charge in [0.1, 0.15) is 5.82 Å². The highest BCUT2D eigenvalue weighted by Crippen LogP contribution is 2.22. The van der Waals surface area contributed by atoms with Gasteiger partial charge in [-0.15, -0.1) is 11.3 Å². The fourth-order valence-corrected chi connectivity index (χ4v) is 3.97. The average Bonchev–Trinajstić information content (AvgIpc) is 3.42. The first-order chi connectivity index (χ1) is 15.0. The summed E-state index contributed by atoms with van der Waals surface area (Å²) in [5.74, 6) is -0.457. The topological polar surface area (TPSA) is 81.4 Å². The van der Waals surface area contributed by atoms with Gasteiger partial charge in [0, 0.05) is 29.0 Å². The van der Waals surface area contributed by atoms with E-state index < -0.39 is 5.97 Å². The molecule has 2 aromatic heterocycles. The first-order valence-electron chi connectivity index (χ1n) is 10.3. The summed E-state index contributed by atoms with van der Waals surface area (Å²) in [5, 5.41) is 11.7. The van der Waals surface area contributed by atoms with Gasteiger partial charge in [0.25, 0.3) is 0 Å². The van der Waals surface area contributed by atoms with Crippen LogP contribution in [0.4, 0.5) is 0 Å². The van der Waals surface area contributed by atoms with Gasteiger partial charge in [0.05, 0.1) is 24.1 Å². The second-order valence-corrected chi connectivity index (χ2v) is 8.07. The molecule has 0 amide bonds. The van der Waals surface area contributed by atoms with Crippen LogP contribution in [0, 0.1) is 0 Å². The third-order valence-electron chi connectivity index (χ3n) is 4.79. The molecule has 162 valence electrons. The lowest BCUT2D eigenvalue weighted by molar-refractivity contribution is -0.132. The molecule has 3 aromatic rings. The van der Waals surface area contributed by atoms with E-state index in [0.717, 1.165) is 35.7 Å². The summed E-state index contributed by atoms with van der Waals surface area (Å²) in [4.78, 5) is 29.4. The summed E-state index contributed by atoms with van der Waals surface area (Å²) in [6, 6.07) is 10.9. The second-order valence-electron chi connectivity index (χ2n) is 7.04. The zero-order chi connectivity index (χ0) is 22.2. The summed E-state index contributed by atoms with van der Waals surface area (Å²) in [7, 11) is 0. The number of carbonyl (C=O) groups is 2. The Labute approximate surface area is 185 Å². The van der Waals surface area contributed by atoms with Crippen LogP contribution in [0.15, 0.2) is 53.5 Å². The number of carbonyl (C=O) groups excluding carboxylic acids is 1. The number of carboxylic acids is 1. The molecule has 0 aliphatic heterocycles. The molecule has 3 rings (SSSR count). The predicted octanol–water partition coefficient (Wildman–Crippen LogP) is 5.16. The van der Waals surface area contributed by atoms with Crippen molar-refractivity contribution in [3.63, 3.8) is 0 Å². The Morgan fingerprint density at radius 1 is 1.19 bits per heavy atom. The molecule has 0 bridgehead atoms. The number of hydrogen-bond donors (Lipinski definition) is 1. The zero-order valence-electron chi connectivity index (χ0n) is 17.7. The standard InChI is InChI=1S/C24H26N2O4S/c1-3-5-8-22-25-16-20(14-18(23(27)28)15-21-7-6-13-31-21)26(22)19-11-9-17(10-12-19)24(29)30-4-2/h6-7,9-14,16H,3-5,8,15H2,1-2H3,(H,27,28)/b18-14+. The third kappa shape index (κ3) is 5.70. The smallest absolute Gasteiger partial charge is 0.338 e. The number of benzene rings is 1. The van der Waals surface area contributed by atoms with Gasteiger partial charge in [-0.25, -0.2) is 14.6 Å². The van der Waals surface area contributed by atoms with Crippen LogP contribution in [0.1, 0.15) is 53.4 Å². The van der Waals surface area contributed by atoms with Crippen molar-refractivity contribution in [2.75, 3.05) is 6.61 Å². The first kappa shape index (κ1) is 22.5. The Hall–Kier alpha value is -3.19. The van der Waals surface area contributed by atoms with E-state index >= 15 is 0 Å². The number of hydrogen-bond acceptors (Lipinski definition) is 5. The minimum absolute atomic E-state index is 0.300. The minimum Gasteiger partial charge on any atom is -0.478 e. The van der Waals surface area contributed by atoms with Crippen molar-refractivity contribution in [1.29, 1.82) is 0 Å². The van der Waals surface area contributed by atoms with Crippen molar-refractivity contribution < 1.29 is 19.4 Å². The Balaban J connectivity index is 2.00. The van der Waals surface area contributed by atoms with Gasteiger partial charge in [-0.2, -0.15) is 0 Å². The normalized spacial score (nSPS) is 11.5. The number of aromatic nitrogens is 2. The molecule has 0 atom stereocenters. The maximum Gasteiger partial charge on any atom is 0.338 e. The molecule has 7 heteroatoms. The fraction of sp³-hybridized carbons (Fsp3) is 0.292. The SMILES string of the molecule is CCCCc1ncc(/C=C(\Cc2cccs2)C(=O)O)n1-c1ccc(C(=O)OCC)cc1. The van der Waals surface area contributed by atoms with Crippen molar-refractivity contribution >= 4 is 29.4 Å². The highest BCUT2D eigenvalue weighted by Gasteiger charge is 2.15. The number of thiophene rings is 1. The van der Waals surface area contributed by atoms with Gasteiger partial charge in [0.15, 0.2) is 0 Å². The summed E-state index contributed by atoms with van der Waals surface area (Å²) in [5.41, 5.74) is 2.29. The number of rotatable bonds is 10. The van der Waals surface area contributed by atoms with E-state index in [2.05, 4.69) is 11.9 Å². The maximum atomic E-state index is 12.0. The molecule has 0 saturated heterocycles. The average molecular weight is 439 g/mol. The predicted molar refractivity (Wildman–Crippen MR) is 122 cm³/mol. The number of aliphatic carboxylic acids is 1. The van der Waals surface area contributed by atoms with Crippen molar-refractivity contribution in [2.45, 2.75) is 39.5 Å². The van der Waals surface area contributed by atoms with Crippen LogP contribution in [-0.4, -0.2) is 33.2 Å². The lowest BCUT2D eigenvalue weighted by atomic mass is 10.1. The summed E-state index contributed by atoms with van der Waals surface area (Å²) >= 11 is 1.53. The molecule has 31 heavy (non-hydrogen) atoms. The summed E-state index contributed by atoms with van der Waals surface area (Å²) in [6.07, 6.45) is 6.52. The summed E-state index contributed by atoms with van der Waals surface area (Å²) in [6.45, 7) is 4.21. The van der Waals surface area contributed by atoms with E-state index in [1.54, 1.807) is 31.3 Å². The van der Waals surface area contributed by atoms with Gasteiger partial charge in [0.2, 0.25) is 0 Å². The molecule has 0 fully saturated rings. The Morgan fingerprint density at radius 2 is 1.97 bits per heavy atom. The largest absolute Gasteiger partial charge is 0.478 e. The third-order valence-corrected chi connectivity index (χ3v) is 5.67. The van der Waals surface area contributed by atoms with E-state index in [0.29, 0.717) is 29.9 Å². The quantitative estimate of drug-likeness (QED) is 0.349. The highest BCUT2D eigenvalue weighted by atomic mass is 32.1. The van der Waals surface area contributed by atoms with Crippen LogP contribution >= 0.6 is 11.3 Å². The Kier molecular flexibility index (Phi) is 7.78. The number of aryl methyl sites for hydroxylation is 1. The monoisotopic (exact) mass is 438 g/mol. The van der Waals surface area contributed by atoms with Gasteiger partial charge in [-0.1, -0.05) is 19.4 Å².